The monoisotopic (exact) mass is 451 g/mol. The Hall–Kier alpha value is -3.43. The molecule has 2 aromatic carbocycles. The lowest BCUT2D eigenvalue weighted by Gasteiger charge is -2.28. The van der Waals surface area contributed by atoms with Gasteiger partial charge in [-0.1, -0.05) is 6.92 Å². The van der Waals surface area contributed by atoms with Crippen LogP contribution in [0, 0.1) is 23.3 Å². The summed E-state index contributed by atoms with van der Waals surface area (Å²) in [6.07, 6.45) is -0.471. The van der Waals surface area contributed by atoms with Crippen molar-refractivity contribution in [1.82, 2.24) is 9.55 Å². The van der Waals surface area contributed by atoms with Crippen molar-refractivity contribution in [2.75, 3.05) is 11.4 Å². The fraction of sp³-hybridized carbons (Fsp3) is 0.318. The van der Waals surface area contributed by atoms with Crippen molar-refractivity contribution in [3.63, 3.8) is 0 Å². The van der Waals surface area contributed by atoms with Crippen molar-refractivity contribution in [2.24, 2.45) is 0 Å². The minimum Gasteiger partial charge on any atom is -0.443 e. The van der Waals surface area contributed by atoms with Crippen LogP contribution in [0.4, 0.5) is 28.3 Å². The van der Waals surface area contributed by atoms with E-state index in [0.717, 1.165) is 29.2 Å². The van der Waals surface area contributed by atoms with Gasteiger partial charge in [-0.15, -0.1) is 0 Å². The molecule has 0 fully saturated rings. The van der Waals surface area contributed by atoms with Crippen LogP contribution in [0.1, 0.15) is 34.1 Å². The minimum atomic E-state index is -1.46. The number of benzene rings is 2. The van der Waals surface area contributed by atoms with Gasteiger partial charge in [0, 0.05) is 12.6 Å². The molecule has 0 aliphatic rings. The van der Waals surface area contributed by atoms with Crippen molar-refractivity contribution < 1.29 is 27.1 Å². The van der Waals surface area contributed by atoms with Crippen molar-refractivity contribution >= 4 is 22.9 Å². The Morgan fingerprint density at radius 3 is 2.28 bits per heavy atom. The smallest absolute Gasteiger partial charge is 0.417 e. The molecule has 3 rings (SSSR count). The third-order valence-electron chi connectivity index (χ3n) is 4.32. The Morgan fingerprint density at radius 2 is 1.72 bits per heavy atom. The maximum absolute atomic E-state index is 14.5. The second kappa shape index (κ2) is 8.60. The summed E-state index contributed by atoms with van der Waals surface area (Å²) in [5.74, 6) is -5.14. The molecule has 0 aliphatic heterocycles. The number of halogens is 4. The average molecular weight is 451 g/mol. The molecule has 0 bridgehead atoms. The highest BCUT2D eigenvalue weighted by Gasteiger charge is 2.29. The van der Waals surface area contributed by atoms with E-state index in [2.05, 4.69) is 4.98 Å². The van der Waals surface area contributed by atoms with Gasteiger partial charge in [-0.05, 0) is 51.5 Å². The molecule has 6 nitrogen and oxygen atoms in total. The molecule has 3 aromatic rings. The van der Waals surface area contributed by atoms with E-state index in [9.17, 15) is 27.2 Å². The third-order valence-corrected chi connectivity index (χ3v) is 4.32. The van der Waals surface area contributed by atoms with Crippen LogP contribution < -0.4 is 10.5 Å². The van der Waals surface area contributed by atoms with E-state index in [4.69, 9.17) is 4.74 Å². The van der Waals surface area contributed by atoms with Gasteiger partial charge in [-0.25, -0.2) is 36.8 Å². The summed E-state index contributed by atoms with van der Waals surface area (Å²) < 4.78 is 62.3. The maximum atomic E-state index is 14.5. The van der Waals surface area contributed by atoms with E-state index >= 15 is 0 Å². The van der Waals surface area contributed by atoms with E-state index in [-0.39, 0.29) is 23.7 Å². The lowest BCUT2D eigenvalue weighted by molar-refractivity contribution is 0.0577. The summed E-state index contributed by atoms with van der Waals surface area (Å²) in [5, 5.41) is -0.723. The van der Waals surface area contributed by atoms with Crippen molar-refractivity contribution in [3.05, 3.63) is 64.0 Å². The Balaban J connectivity index is 2.41. The fourth-order valence-electron chi connectivity index (χ4n) is 3.09. The first kappa shape index (κ1) is 23.2. The number of aromatic nitrogens is 2. The van der Waals surface area contributed by atoms with E-state index in [1.807, 2.05) is 0 Å². The molecule has 0 N–H and O–H groups in total. The molecule has 1 aromatic heterocycles. The number of nitrogens with zero attached hydrogens (tertiary/aromatic N) is 3. The SMILES string of the molecule is CCCN(C(=O)OC(C)(C)C)c1nc2ccc(F)c(F)c2c(=O)n1-c1cc(F)cc(F)c1. The van der Waals surface area contributed by atoms with Gasteiger partial charge in [0.15, 0.2) is 11.6 Å². The Morgan fingerprint density at radius 1 is 1.09 bits per heavy atom. The average Bonchev–Trinajstić information content (AvgIpc) is 2.66. The molecule has 0 saturated carbocycles. The van der Waals surface area contributed by atoms with E-state index < -0.39 is 45.9 Å². The number of hydrogen-bond acceptors (Lipinski definition) is 4. The third kappa shape index (κ3) is 4.58. The highest BCUT2D eigenvalue weighted by molar-refractivity contribution is 5.88. The van der Waals surface area contributed by atoms with Gasteiger partial charge < -0.3 is 4.74 Å². The second-order valence-corrected chi connectivity index (χ2v) is 8.07. The lowest BCUT2D eigenvalue weighted by atomic mass is 10.2. The lowest BCUT2D eigenvalue weighted by Crippen LogP contribution is -2.41. The predicted molar refractivity (Wildman–Crippen MR) is 111 cm³/mol. The van der Waals surface area contributed by atoms with Crippen molar-refractivity contribution in [3.8, 4) is 5.69 Å². The first-order valence-electron chi connectivity index (χ1n) is 9.80. The number of rotatable bonds is 4. The highest BCUT2D eigenvalue weighted by atomic mass is 19.2. The molecule has 0 radical (unpaired) electrons. The first-order chi connectivity index (χ1) is 14.9. The molecular formula is C22H21F4N3O3. The van der Waals surface area contributed by atoms with Crippen molar-refractivity contribution in [2.45, 2.75) is 39.7 Å². The van der Waals surface area contributed by atoms with Crippen LogP contribution in [0.3, 0.4) is 0 Å². The summed E-state index contributed by atoms with van der Waals surface area (Å²) in [5.41, 5.74) is -2.63. The second-order valence-electron chi connectivity index (χ2n) is 8.07. The molecule has 1 amide bonds. The highest BCUT2D eigenvalue weighted by Crippen LogP contribution is 2.25. The normalized spacial score (nSPS) is 11.6. The number of ether oxygens (including phenoxy) is 1. The molecule has 32 heavy (non-hydrogen) atoms. The number of hydrogen-bond donors (Lipinski definition) is 0. The van der Waals surface area contributed by atoms with Gasteiger partial charge in [0.05, 0.1) is 11.2 Å². The standard InChI is InChI=1S/C22H21F4N3O3/c1-5-8-28(21(31)32-22(2,3)4)20-27-16-7-6-15(25)18(26)17(16)19(30)29(20)14-10-12(23)9-13(24)11-14/h6-7,9-11H,5,8H2,1-4H3. The van der Waals surface area contributed by atoms with Gasteiger partial charge in [0.25, 0.3) is 5.56 Å². The van der Waals surface area contributed by atoms with Crippen LogP contribution in [0.25, 0.3) is 16.6 Å². The Labute approximate surface area is 181 Å². The summed E-state index contributed by atoms with van der Waals surface area (Å²) in [7, 11) is 0. The topological polar surface area (TPSA) is 64.4 Å². The Bertz CT molecular complexity index is 1230. The molecule has 0 saturated heterocycles. The summed E-state index contributed by atoms with van der Waals surface area (Å²) in [6.45, 7) is 6.67. The fourth-order valence-corrected chi connectivity index (χ4v) is 3.09. The van der Waals surface area contributed by atoms with Gasteiger partial charge in [-0.3, -0.25) is 4.79 Å². The maximum Gasteiger partial charge on any atom is 0.417 e. The van der Waals surface area contributed by atoms with E-state index in [1.54, 1.807) is 27.7 Å². The summed E-state index contributed by atoms with van der Waals surface area (Å²) >= 11 is 0. The van der Waals surface area contributed by atoms with Crippen LogP contribution in [-0.2, 0) is 4.74 Å². The first-order valence-corrected chi connectivity index (χ1v) is 9.80. The molecule has 0 aliphatic carbocycles. The van der Waals surface area contributed by atoms with Gasteiger partial charge in [0.2, 0.25) is 5.95 Å². The van der Waals surface area contributed by atoms with Gasteiger partial charge >= 0.3 is 6.09 Å². The zero-order chi connectivity index (χ0) is 23.8. The zero-order valence-electron chi connectivity index (χ0n) is 17.9. The van der Waals surface area contributed by atoms with E-state index in [0.29, 0.717) is 17.1 Å². The summed E-state index contributed by atoms with van der Waals surface area (Å²) in [6, 6.07) is 4.09. The number of carbonyl (C=O) groups is 1. The van der Waals surface area contributed by atoms with Crippen LogP contribution in [0.15, 0.2) is 35.1 Å². The summed E-state index contributed by atoms with van der Waals surface area (Å²) in [4.78, 5) is 31.3. The van der Waals surface area contributed by atoms with Crippen LogP contribution in [0.5, 0.6) is 0 Å². The minimum absolute atomic E-state index is 0.0222. The Kier molecular flexibility index (Phi) is 6.25. The number of amides is 1. The van der Waals surface area contributed by atoms with Crippen molar-refractivity contribution in [1.29, 1.82) is 0 Å². The number of fused-ring (bicyclic) bond motifs is 1. The predicted octanol–water partition coefficient (Wildman–Crippen LogP) is 5.09. The number of carbonyl (C=O) groups excluding carboxylic acids is 1. The molecule has 10 heteroatoms. The van der Waals surface area contributed by atoms with Gasteiger partial charge in [-0.2, -0.15) is 0 Å². The quantitative estimate of drug-likeness (QED) is 0.518. The molecule has 0 spiro atoms. The molecule has 170 valence electrons. The van der Waals surface area contributed by atoms with Crippen LogP contribution in [-0.4, -0.2) is 27.8 Å². The molecular weight excluding hydrogens is 430 g/mol. The molecule has 1 heterocycles. The molecule has 0 unspecified atom stereocenters. The van der Waals surface area contributed by atoms with E-state index in [1.165, 1.54) is 0 Å². The van der Waals surface area contributed by atoms with Crippen LogP contribution in [0.2, 0.25) is 0 Å². The largest absolute Gasteiger partial charge is 0.443 e. The van der Waals surface area contributed by atoms with Crippen LogP contribution >= 0.6 is 0 Å². The zero-order valence-corrected chi connectivity index (χ0v) is 17.9. The molecule has 0 atom stereocenters. The number of anilines is 1. The van der Waals surface area contributed by atoms with Gasteiger partial charge in [0.1, 0.15) is 22.6 Å².